The van der Waals surface area contributed by atoms with Crippen LogP contribution in [-0.2, 0) is 17.8 Å². The summed E-state index contributed by atoms with van der Waals surface area (Å²) >= 11 is 6.26. The highest BCUT2D eigenvalue weighted by Crippen LogP contribution is 2.30. The number of ether oxygens (including phenoxy) is 2. The summed E-state index contributed by atoms with van der Waals surface area (Å²) in [7, 11) is 1.59. The number of benzene rings is 2. The number of hydrogen-bond donors (Lipinski definition) is 1. The van der Waals surface area contributed by atoms with Crippen molar-refractivity contribution in [2.45, 2.75) is 33.3 Å². The van der Waals surface area contributed by atoms with Crippen molar-refractivity contribution in [2.24, 2.45) is 0 Å². The number of nitrogens with one attached hydrogen (secondary N) is 1. The molecule has 1 fully saturated rings. The Balaban J connectivity index is 1.75. The molecule has 1 aliphatic rings. The van der Waals surface area contributed by atoms with Gasteiger partial charge in [0.05, 0.1) is 17.6 Å². The molecular weight excluding hydrogens is 418 g/mol. The molecule has 0 radical (unpaired) electrons. The molecule has 0 atom stereocenters. The summed E-state index contributed by atoms with van der Waals surface area (Å²) in [6.45, 7) is 4.01. The van der Waals surface area contributed by atoms with Gasteiger partial charge in [0, 0.05) is 5.56 Å². The fourth-order valence-electron chi connectivity index (χ4n) is 3.23. The Labute approximate surface area is 185 Å². The Morgan fingerprint density at radius 1 is 1.20 bits per heavy atom. The first kappa shape index (κ1) is 22.1. The molecule has 1 N–H and O–H groups in total. The van der Waals surface area contributed by atoms with Crippen molar-refractivity contribution in [3.8, 4) is 11.5 Å². The third kappa shape index (κ3) is 5.09. The zero-order valence-corrected chi connectivity index (χ0v) is 18.7. The molecule has 0 aliphatic carbocycles. The van der Waals surface area contributed by atoms with Crippen molar-refractivity contribution in [2.75, 3.05) is 7.11 Å². The number of carbonyl (C=O) groups excluding carboxylic acids is 2. The SMILES string of the molecule is CCCc1c(COc2ccc(C=C3SC(=S)NC3=O)cc2)ccc(C(C)=O)c1OC. The second-order valence-electron chi connectivity index (χ2n) is 6.80. The van der Waals surface area contributed by atoms with E-state index < -0.39 is 0 Å². The van der Waals surface area contributed by atoms with Crippen LogP contribution >= 0.6 is 24.0 Å². The molecule has 1 amide bonds. The van der Waals surface area contributed by atoms with Gasteiger partial charge in [-0.25, -0.2) is 0 Å². The third-order valence-corrected chi connectivity index (χ3v) is 5.82. The summed E-state index contributed by atoms with van der Waals surface area (Å²) in [5, 5.41) is 2.60. The predicted molar refractivity (Wildman–Crippen MR) is 124 cm³/mol. The van der Waals surface area contributed by atoms with Gasteiger partial charge >= 0.3 is 0 Å². The van der Waals surface area contributed by atoms with E-state index in [4.69, 9.17) is 21.7 Å². The van der Waals surface area contributed by atoms with E-state index in [0.29, 0.717) is 32.9 Å². The molecule has 1 saturated heterocycles. The van der Waals surface area contributed by atoms with E-state index in [9.17, 15) is 9.59 Å². The molecule has 0 aromatic heterocycles. The van der Waals surface area contributed by atoms with Gasteiger partial charge in [0.2, 0.25) is 0 Å². The van der Waals surface area contributed by atoms with Crippen molar-refractivity contribution in [1.29, 1.82) is 0 Å². The Hall–Kier alpha value is -2.64. The molecule has 3 rings (SSSR count). The van der Waals surface area contributed by atoms with Crippen LogP contribution in [0.15, 0.2) is 41.3 Å². The monoisotopic (exact) mass is 441 g/mol. The topological polar surface area (TPSA) is 64.6 Å². The van der Waals surface area contributed by atoms with E-state index in [0.717, 1.165) is 29.5 Å². The van der Waals surface area contributed by atoms with Crippen molar-refractivity contribution < 1.29 is 19.1 Å². The maximum absolute atomic E-state index is 11.9. The standard InChI is InChI=1S/C23H23NO4S2/c1-4-5-19-16(8-11-18(14(2)25)21(19)27-3)13-28-17-9-6-15(7-10-17)12-20-22(26)24-23(29)30-20/h6-12H,4-5,13H2,1-3H3,(H,24,26,29). The number of rotatable bonds is 8. The van der Waals surface area contributed by atoms with E-state index in [1.165, 1.54) is 11.8 Å². The molecule has 0 saturated carbocycles. The average Bonchev–Trinajstić information content (AvgIpc) is 3.04. The molecule has 0 bridgehead atoms. The highest BCUT2D eigenvalue weighted by Gasteiger charge is 2.22. The van der Waals surface area contributed by atoms with Gasteiger partial charge < -0.3 is 14.8 Å². The summed E-state index contributed by atoms with van der Waals surface area (Å²) in [6, 6.07) is 11.2. The van der Waals surface area contributed by atoms with Crippen LogP contribution in [0.2, 0.25) is 0 Å². The van der Waals surface area contributed by atoms with Gasteiger partial charge in [0.1, 0.15) is 22.4 Å². The van der Waals surface area contributed by atoms with Crippen molar-refractivity contribution in [3.05, 3.63) is 63.6 Å². The molecule has 0 spiro atoms. The molecule has 2 aromatic rings. The number of hydrogen-bond acceptors (Lipinski definition) is 6. The highest BCUT2D eigenvalue weighted by atomic mass is 32.2. The molecule has 2 aromatic carbocycles. The Morgan fingerprint density at radius 3 is 2.50 bits per heavy atom. The minimum absolute atomic E-state index is 0.0174. The van der Waals surface area contributed by atoms with Crippen molar-refractivity contribution in [3.63, 3.8) is 0 Å². The lowest BCUT2D eigenvalue weighted by Gasteiger charge is -2.17. The molecule has 5 nitrogen and oxygen atoms in total. The second-order valence-corrected chi connectivity index (χ2v) is 8.52. The largest absolute Gasteiger partial charge is 0.496 e. The van der Waals surface area contributed by atoms with Crippen molar-refractivity contribution in [1.82, 2.24) is 5.32 Å². The van der Waals surface area contributed by atoms with Crippen LogP contribution in [0.4, 0.5) is 0 Å². The van der Waals surface area contributed by atoms with Gasteiger partial charge in [-0.2, -0.15) is 0 Å². The van der Waals surface area contributed by atoms with Crippen LogP contribution in [0.5, 0.6) is 11.5 Å². The number of amides is 1. The van der Waals surface area contributed by atoms with Crippen molar-refractivity contribution >= 4 is 46.1 Å². The number of carbonyl (C=O) groups is 2. The zero-order valence-electron chi connectivity index (χ0n) is 17.1. The maximum atomic E-state index is 11.9. The smallest absolute Gasteiger partial charge is 0.263 e. The molecule has 156 valence electrons. The summed E-state index contributed by atoms with van der Waals surface area (Å²) in [5.41, 5.74) is 3.49. The van der Waals surface area contributed by atoms with Crippen LogP contribution in [0.3, 0.4) is 0 Å². The summed E-state index contributed by atoms with van der Waals surface area (Å²) in [5.74, 6) is 1.17. The van der Waals surface area contributed by atoms with Gasteiger partial charge in [-0.3, -0.25) is 9.59 Å². The highest BCUT2D eigenvalue weighted by molar-refractivity contribution is 8.26. The van der Waals surface area contributed by atoms with Gasteiger partial charge in [-0.1, -0.05) is 55.5 Å². The molecule has 7 heteroatoms. The Morgan fingerprint density at radius 2 is 1.93 bits per heavy atom. The van der Waals surface area contributed by atoms with Gasteiger partial charge in [0.25, 0.3) is 5.91 Å². The third-order valence-electron chi connectivity index (χ3n) is 4.66. The Bertz CT molecular complexity index is 1010. The number of methoxy groups -OCH3 is 1. The van der Waals surface area contributed by atoms with Crippen LogP contribution in [0.1, 0.15) is 47.3 Å². The minimum atomic E-state index is -0.170. The lowest BCUT2D eigenvalue weighted by molar-refractivity contribution is -0.115. The normalized spacial score (nSPS) is 14.7. The molecule has 1 aliphatic heterocycles. The molecule has 1 heterocycles. The van der Waals surface area contributed by atoms with E-state index >= 15 is 0 Å². The summed E-state index contributed by atoms with van der Waals surface area (Å²) < 4.78 is 12.0. The zero-order chi connectivity index (χ0) is 21.7. The summed E-state index contributed by atoms with van der Waals surface area (Å²) in [4.78, 5) is 24.3. The number of thiocarbonyl (C=S) groups is 1. The average molecular weight is 442 g/mol. The quantitative estimate of drug-likeness (QED) is 0.356. The second kappa shape index (κ2) is 9.91. The fourth-order valence-corrected chi connectivity index (χ4v) is 4.28. The number of thioether (sulfide) groups is 1. The van der Waals surface area contributed by atoms with Gasteiger partial charge in [0.15, 0.2) is 5.78 Å². The predicted octanol–water partition coefficient (Wildman–Crippen LogP) is 4.92. The fraction of sp³-hybridized carbons (Fsp3) is 0.261. The summed E-state index contributed by atoms with van der Waals surface area (Å²) in [6.07, 6.45) is 3.54. The van der Waals surface area contributed by atoms with E-state index in [2.05, 4.69) is 12.2 Å². The number of Topliss-reactive ketones (excluding diaryl/α,β-unsaturated/α-hetero) is 1. The molecule has 30 heavy (non-hydrogen) atoms. The Kier molecular flexibility index (Phi) is 7.29. The first-order chi connectivity index (χ1) is 14.4. The molecule has 0 unspecified atom stereocenters. The lowest BCUT2D eigenvalue weighted by Crippen LogP contribution is -2.17. The maximum Gasteiger partial charge on any atom is 0.263 e. The van der Waals surface area contributed by atoms with E-state index in [-0.39, 0.29) is 11.7 Å². The minimum Gasteiger partial charge on any atom is -0.496 e. The van der Waals surface area contributed by atoms with Crippen LogP contribution in [0.25, 0.3) is 6.08 Å². The van der Waals surface area contributed by atoms with Crippen LogP contribution < -0.4 is 14.8 Å². The van der Waals surface area contributed by atoms with Crippen LogP contribution in [0, 0.1) is 0 Å². The molecular formula is C23H23NO4S2. The first-order valence-electron chi connectivity index (χ1n) is 9.60. The van der Waals surface area contributed by atoms with Crippen LogP contribution in [-0.4, -0.2) is 23.1 Å². The van der Waals surface area contributed by atoms with Gasteiger partial charge in [-0.05, 0) is 48.7 Å². The van der Waals surface area contributed by atoms with E-state index in [1.807, 2.05) is 30.3 Å². The first-order valence-corrected chi connectivity index (χ1v) is 10.8. The lowest BCUT2D eigenvalue weighted by atomic mass is 9.97. The van der Waals surface area contributed by atoms with E-state index in [1.54, 1.807) is 26.2 Å². The number of ketones is 1. The van der Waals surface area contributed by atoms with Gasteiger partial charge in [-0.15, -0.1) is 0 Å².